The number of nitrogens with zero attached hydrogens (tertiary/aromatic N) is 4. The van der Waals surface area contributed by atoms with Crippen LogP contribution >= 0.6 is 0 Å². The van der Waals surface area contributed by atoms with Crippen molar-refractivity contribution in [2.24, 2.45) is 5.92 Å². The van der Waals surface area contributed by atoms with Crippen molar-refractivity contribution in [3.8, 4) is 6.07 Å². The molecule has 0 saturated carbocycles. The summed E-state index contributed by atoms with van der Waals surface area (Å²) >= 11 is 0. The third-order valence-electron chi connectivity index (χ3n) is 4.50. The molecule has 24 heavy (non-hydrogen) atoms. The first-order chi connectivity index (χ1) is 11.6. The summed E-state index contributed by atoms with van der Waals surface area (Å²) in [5.41, 5.74) is 1.82. The molecular formula is C18H20N4O2. The number of methoxy groups -OCH3 is 1. The quantitative estimate of drug-likeness (QED) is 0.808. The smallest absolute Gasteiger partial charge is 0.329 e. The summed E-state index contributed by atoms with van der Waals surface area (Å²) in [6.07, 6.45) is 2.12. The highest BCUT2D eigenvalue weighted by Gasteiger charge is 2.30. The van der Waals surface area contributed by atoms with Crippen LogP contribution in [0.25, 0.3) is 11.0 Å². The van der Waals surface area contributed by atoms with Crippen molar-refractivity contribution in [1.82, 2.24) is 9.97 Å². The van der Waals surface area contributed by atoms with Gasteiger partial charge in [-0.15, -0.1) is 0 Å². The van der Waals surface area contributed by atoms with Gasteiger partial charge in [0, 0.05) is 13.1 Å². The molecule has 1 aliphatic heterocycles. The summed E-state index contributed by atoms with van der Waals surface area (Å²) < 4.78 is 4.78. The third-order valence-corrected chi connectivity index (χ3v) is 4.50. The second-order valence-corrected chi connectivity index (χ2v) is 6.18. The first-order valence-corrected chi connectivity index (χ1v) is 8.13. The van der Waals surface area contributed by atoms with E-state index in [1.54, 1.807) is 0 Å². The summed E-state index contributed by atoms with van der Waals surface area (Å²) in [5, 5.41) is 9.48. The molecule has 2 aromatic rings. The van der Waals surface area contributed by atoms with Gasteiger partial charge >= 0.3 is 5.97 Å². The topological polar surface area (TPSA) is 79.1 Å². The highest BCUT2D eigenvalue weighted by Crippen LogP contribution is 2.30. The summed E-state index contributed by atoms with van der Waals surface area (Å²) in [4.78, 5) is 23.5. The van der Waals surface area contributed by atoms with Crippen molar-refractivity contribution in [3.63, 3.8) is 0 Å². The lowest BCUT2D eigenvalue weighted by Gasteiger charge is -2.32. The number of hydrogen-bond donors (Lipinski definition) is 0. The average molecular weight is 324 g/mol. The predicted octanol–water partition coefficient (Wildman–Crippen LogP) is 2.65. The highest BCUT2D eigenvalue weighted by atomic mass is 16.5. The number of nitriles is 1. The van der Waals surface area contributed by atoms with Gasteiger partial charge in [-0.05, 0) is 30.9 Å². The normalized spacial score (nSPS) is 16.6. The Morgan fingerprint density at radius 3 is 2.50 bits per heavy atom. The number of para-hydroxylation sites is 2. The van der Waals surface area contributed by atoms with Crippen molar-refractivity contribution in [2.45, 2.75) is 25.7 Å². The molecule has 124 valence electrons. The summed E-state index contributed by atoms with van der Waals surface area (Å²) in [7, 11) is 1.28. The van der Waals surface area contributed by atoms with Crippen LogP contribution in [-0.2, 0) is 9.53 Å². The first kappa shape index (κ1) is 16.2. The van der Waals surface area contributed by atoms with E-state index in [0.717, 1.165) is 31.4 Å². The maximum absolute atomic E-state index is 12.0. The molecule has 0 N–H and O–H groups in total. The third kappa shape index (κ3) is 3.02. The van der Waals surface area contributed by atoms with E-state index in [1.165, 1.54) is 7.11 Å². The number of anilines is 1. The number of fused-ring (bicyclic) bond motifs is 1. The van der Waals surface area contributed by atoms with E-state index < -0.39 is 11.9 Å². The number of rotatable bonds is 3. The molecule has 1 aliphatic rings. The van der Waals surface area contributed by atoms with Crippen molar-refractivity contribution in [3.05, 3.63) is 30.0 Å². The van der Waals surface area contributed by atoms with E-state index >= 15 is 0 Å². The Morgan fingerprint density at radius 2 is 1.92 bits per heavy atom. The molecule has 1 fully saturated rings. The van der Waals surface area contributed by atoms with Gasteiger partial charge in [0.15, 0.2) is 11.7 Å². The van der Waals surface area contributed by atoms with Gasteiger partial charge in [0.05, 0.1) is 24.2 Å². The second kappa shape index (κ2) is 6.83. The number of hydrogen-bond acceptors (Lipinski definition) is 6. The zero-order chi connectivity index (χ0) is 17.1. The van der Waals surface area contributed by atoms with Crippen LogP contribution in [0, 0.1) is 17.2 Å². The Hall–Kier alpha value is -2.68. The molecule has 0 radical (unpaired) electrons. The van der Waals surface area contributed by atoms with Crippen LogP contribution in [0.3, 0.4) is 0 Å². The molecule has 0 bridgehead atoms. The molecule has 2 heterocycles. The van der Waals surface area contributed by atoms with E-state index in [9.17, 15) is 10.1 Å². The fourth-order valence-corrected chi connectivity index (χ4v) is 2.99. The molecule has 3 rings (SSSR count). The van der Waals surface area contributed by atoms with E-state index in [-0.39, 0.29) is 0 Å². The molecule has 6 heteroatoms. The Bertz CT molecular complexity index is 791. The van der Waals surface area contributed by atoms with Gasteiger partial charge in [-0.25, -0.2) is 9.97 Å². The Morgan fingerprint density at radius 1 is 1.29 bits per heavy atom. The average Bonchev–Trinajstić information content (AvgIpc) is 2.62. The lowest BCUT2D eigenvalue weighted by atomic mass is 9.98. The zero-order valence-corrected chi connectivity index (χ0v) is 13.9. The fourth-order valence-electron chi connectivity index (χ4n) is 2.99. The van der Waals surface area contributed by atoms with Gasteiger partial charge in [0.1, 0.15) is 5.69 Å². The van der Waals surface area contributed by atoms with E-state index in [2.05, 4.69) is 16.8 Å². The predicted molar refractivity (Wildman–Crippen MR) is 90.5 cm³/mol. The molecule has 0 aliphatic carbocycles. The number of aromatic nitrogens is 2. The molecular weight excluding hydrogens is 304 g/mol. The van der Waals surface area contributed by atoms with Crippen LogP contribution in [0.15, 0.2) is 24.3 Å². The molecule has 1 aromatic carbocycles. The fraction of sp³-hybridized carbons (Fsp3) is 0.444. The van der Waals surface area contributed by atoms with E-state index in [1.807, 2.05) is 30.3 Å². The minimum Gasteiger partial charge on any atom is -0.468 e. The standard InChI is InChI=1S/C18H20N4O2/c1-12-7-9-22(10-8-12)17-16(13(11-19)18(23)24-2)20-14-5-3-4-6-15(14)21-17/h3-6,12-13H,7-10H2,1-2H3/t13-/m1/s1. The SMILES string of the molecule is COC(=O)[C@H](C#N)c1nc2ccccc2nc1N1CCC(C)CC1. The van der Waals surface area contributed by atoms with Gasteiger partial charge in [0.2, 0.25) is 0 Å². The van der Waals surface area contributed by atoms with Gasteiger partial charge in [-0.1, -0.05) is 19.1 Å². The van der Waals surface area contributed by atoms with Crippen LogP contribution in [0.4, 0.5) is 5.82 Å². The van der Waals surface area contributed by atoms with Crippen molar-refractivity contribution >= 4 is 22.8 Å². The Kier molecular flexibility index (Phi) is 4.61. The van der Waals surface area contributed by atoms with Crippen LogP contribution in [0.5, 0.6) is 0 Å². The second-order valence-electron chi connectivity index (χ2n) is 6.18. The molecule has 1 atom stereocenters. The van der Waals surface area contributed by atoms with Crippen LogP contribution in [-0.4, -0.2) is 36.1 Å². The van der Waals surface area contributed by atoms with Crippen LogP contribution in [0.1, 0.15) is 31.4 Å². The summed E-state index contributed by atoms with van der Waals surface area (Å²) in [6, 6.07) is 9.51. The van der Waals surface area contributed by atoms with E-state index in [4.69, 9.17) is 9.72 Å². The maximum atomic E-state index is 12.0. The van der Waals surface area contributed by atoms with Crippen molar-refractivity contribution < 1.29 is 9.53 Å². The molecule has 1 saturated heterocycles. The number of ether oxygens (including phenoxy) is 1. The largest absolute Gasteiger partial charge is 0.468 e. The molecule has 0 spiro atoms. The number of carbonyl (C=O) groups excluding carboxylic acids is 1. The van der Waals surface area contributed by atoms with Gasteiger partial charge in [0.25, 0.3) is 0 Å². The minimum absolute atomic E-state index is 0.387. The Labute approximate surface area is 141 Å². The number of carbonyl (C=O) groups is 1. The van der Waals surface area contributed by atoms with Crippen molar-refractivity contribution in [1.29, 1.82) is 5.26 Å². The molecule has 0 unspecified atom stereocenters. The van der Waals surface area contributed by atoms with Crippen LogP contribution in [0.2, 0.25) is 0 Å². The molecule has 0 amide bonds. The molecule has 6 nitrogen and oxygen atoms in total. The van der Waals surface area contributed by atoms with Crippen molar-refractivity contribution in [2.75, 3.05) is 25.1 Å². The maximum Gasteiger partial charge on any atom is 0.329 e. The van der Waals surface area contributed by atoms with Gasteiger partial charge < -0.3 is 9.64 Å². The number of benzene rings is 1. The number of esters is 1. The molecule has 1 aromatic heterocycles. The monoisotopic (exact) mass is 324 g/mol. The van der Waals surface area contributed by atoms with Gasteiger partial charge in [-0.2, -0.15) is 5.26 Å². The lowest BCUT2D eigenvalue weighted by Crippen LogP contribution is -2.35. The summed E-state index contributed by atoms with van der Waals surface area (Å²) in [5.74, 6) is -0.377. The van der Waals surface area contributed by atoms with Gasteiger partial charge in [-0.3, -0.25) is 4.79 Å². The van der Waals surface area contributed by atoms with Crippen LogP contribution < -0.4 is 4.90 Å². The Balaban J connectivity index is 2.12. The van der Waals surface area contributed by atoms with E-state index in [0.29, 0.717) is 22.9 Å². The lowest BCUT2D eigenvalue weighted by molar-refractivity contribution is -0.141. The first-order valence-electron chi connectivity index (χ1n) is 8.13. The number of piperidine rings is 1. The zero-order valence-electron chi connectivity index (χ0n) is 13.9. The summed E-state index contributed by atoms with van der Waals surface area (Å²) in [6.45, 7) is 3.93. The minimum atomic E-state index is -1.07. The highest BCUT2D eigenvalue weighted by molar-refractivity contribution is 5.85.